The fraction of sp³-hybridized carbons (Fsp3) is 0.455. The first-order chi connectivity index (χ1) is 9.06. The SMILES string of the molecule is CCCNCCNC(=O)c1cc(Cl)ncc1[N+](=O)[O-]. The average Bonchev–Trinajstić information content (AvgIpc) is 2.37. The second kappa shape index (κ2) is 7.65. The molecular formula is C11H15ClN4O3. The van der Waals surface area contributed by atoms with Gasteiger partial charge in [-0.25, -0.2) is 4.98 Å². The molecule has 1 heterocycles. The Morgan fingerprint density at radius 2 is 2.21 bits per heavy atom. The lowest BCUT2D eigenvalue weighted by atomic mass is 10.2. The Hall–Kier alpha value is -1.73. The summed E-state index contributed by atoms with van der Waals surface area (Å²) in [6.07, 6.45) is 1.98. The van der Waals surface area contributed by atoms with E-state index < -0.39 is 10.8 Å². The summed E-state index contributed by atoms with van der Waals surface area (Å²) in [4.78, 5) is 25.5. The Morgan fingerprint density at radius 1 is 1.47 bits per heavy atom. The number of nitrogens with one attached hydrogen (secondary N) is 2. The van der Waals surface area contributed by atoms with Crippen LogP contribution in [0.3, 0.4) is 0 Å². The Kier molecular flexibility index (Phi) is 6.17. The molecule has 0 aliphatic heterocycles. The number of pyridine rings is 1. The summed E-state index contributed by atoms with van der Waals surface area (Å²) in [6, 6.07) is 1.19. The molecule has 0 saturated heterocycles. The maximum absolute atomic E-state index is 11.8. The second-order valence-electron chi connectivity index (χ2n) is 3.79. The van der Waals surface area contributed by atoms with Gasteiger partial charge in [-0.15, -0.1) is 0 Å². The molecule has 1 rings (SSSR count). The van der Waals surface area contributed by atoms with Crippen LogP contribution < -0.4 is 10.6 Å². The fourth-order valence-electron chi connectivity index (χ4n) is 1.41. The van der Waals surface area contributed by atoms with Gasteiger partial charge in [0.2, 0.25) is 0 Å². The molecule has 0 aliphatic carbocycles. The van der Waals surface area contributed by atoms with Gasteiger partial charge in [0.05, 0.1) is 4.92 Å². The van der Waals surface area contributed by atoms with Gasteiger partial charge < -0.3 is 10.6 Å². The Bertz CT molecular complexity index is 467. The van der Waals surface area contributed by atoms with Crippen molar-refractivity contribution < 1.29 is 9.72 Å². The van der Waals surface area contributed by atoms with Crippen molar-refractivity contribution in [2.75, 3.05) is 19.6 Å². The van der Waals surface area contributed by atoms with E-state index in [0.717, 1.165) is 19.2 Å². The minimum atomic E-state index is -0.659. The van der Waals surface area contributed by atoms with Gasteiger partial charge in [0.25, 0.3) is 11.6 Å². The zero-order chi connectivity index (χ0) is 14.3. The number of halogens is 1. The predicted molar refractivity (Wildman–Crippen MR) is 71.4 cm³/mol. The first-order valence-corrected chi connectivity index (χ1v) is 6.23. The van der Waals surface area contributed by atoms with Crippen LogP contribution in [-0.2, 0) is 0 Å². The number of carbonyl (C=O) groups is 1. The molecule has 0 fully saturated rings. The van der Waals surface area contributed by atoms with E-state index in [0.29, 0.717) is 13.1 Å². The number of hydrogen-bond acceptors (Lipinski definition) is 5. The normalized spacial score (nSPS) is 10.2. The summed E-state index contributed by atoms with van der Waals surface area (Å²) in [5.41, 5.74) is -0.441. The van der Waals surface area contributed by atoms with Crippen molar-refractivity contribution >= 4 is 23.2 Å². The number of amides is 1. The average molecular weight is 287 g/mol. The predicted octanol–water partition coefficient (Wildman–Crippen LogP) is 1.37. The van der Waals surface area contributed by atoms with Crippen LogP contribution in [0, 0.1) is 10.1 Å². The van der Waals surface area contributed by atoms with Crippen LogP contribution in [0.15, 0.2) is 12.3 Å². The van der Waals surface area contributed by atoms with Crippen molar-refractivity contribution in [3.05, 3.63) is 33.1 Å². The number of nitro groups is 1. The van der Waals surface area contributed by atoms with Crippen molar-refractivity contribution in [1.82, 2.24) is 15.6 Å². The smallest absolute Gasteiger partial charge is 0.300 e. The third-order valence-electron chi connectivity index (χ3n) is 2.30. The zero-order valence-corrected chi connectivity index (χ0v) is 11.2. The van der Waals surface area contributed by atoms with Crippen molar-refractivity contribution in [3.8, 4) is 0 Å². The van der Waals surface area contributed by atoms with Gasteiger partial charge in [0, 0.05) is 13.1 Å². The van der Waals surface area contributed by atoms with Crippen LogP contribution in [-0.4, -0.2) is 35.4 Å². The first-order valence-electron chi connectivity index (χ1n) is 5.85. The third-order valence-corrected chi connectivity index (χ3v) is 2.51. The summed E-state index contributed by atoms with van der Waals surface area (Å²) in [5, 5.41) is 16.5. The van der Waals surface area contributed by atoms with Gasteiger partial charge in [-0.3, -0.25) is 14.9 Å². The van der Waals surface area contributed by atoms with E-state index in [1.165, 1.54) is 6.07 Å². The zero-order valence-electron chi connectivity index (χ0n) is 10.5. The van der Waals surface area contributed by atoms with Crippen molar-refractivity contribution in [3.63, 3.8) is 0 Å². The monoisotopic (exact) mass is 286 g/mol. The van der Waals surface area contributed by atoms with E-state index in [4.69, 9.17) is 11.6 Å². The van der Waals surface area contributed by atoms with E-state index in [1.54, 1.807) is 0 Å². The number of hydrogen-bond donors (Lipinski definition) is 2. The summed E-state index contributed by atoms with van der Waals surface area (Å²) < 4.78 is 0. The van der Waals surface area contributed by atoms with Gasteiger partial charge in [0.15, 0.2) is 0 Å². The van der Waals surface area contributed by atoms with Crippen LogP contribution in [0.25, 0.3) is 0 Å². The highest BCUT2D eigenvalue weighted by Gasteiger charge is 2.20. The molecule has 1 aromatic heterocycles. The summed E-state index contributed by atoms with van der Waals surface area (Å²) in [5.74, 6) is -0.533. The van der Waals surface area contributed by atoms with Crippen LogP contribution >= 0.6 is 11.6 Å². The minimum Gasteiger partial charge on any atom is -0.351 e. The largest absolute Gasteiger partial charge is 0.351 e. The summed E-state index contributed by atoms with van der Waals surface area (Å²) in [6.45, 7) is 3.88. The number of carbonyl (C=O) groups excluding carboxylic acids is 1. The molecule has 0 unspecified atom stereocenters. The number of rotatable bonds is 7. The van der Waals surface area contributed by atoms with Gasteiger partial charge in [-0.1, -0.05) is 18.5 Å². The lowest BCUT2D eigenvalue weighted by molar-refractivity contribution is -0.385. The van der Waals surface area contributed by atoms with E-state index in [1.807, 2.05) is 6.92 Å². The van der Waals surface area contributed by atoms with E-state index >= 15 is 0 Å². The molecule has 19 heavy (non-hydrogen) atoms. The van der Waals surface area contributed by atoms with Gasteiger partial charge >= 0.3 is 0 Å². The molecular weight excluding hydrogens is 272 g/mol. The maximum Gasteiger partial charge on any atom is 0.300 e. The summed E-state index contributed by atoms with van der Waals surface area (Å²) >= 11 is 5.64. The topological polar surface area (TPSA) is 97.2 Å². The van der Waals surface area contributed by atoms with Gasteiger partial charge in [-0.05, 0) is 19.0 Å². The highest BCUT2D eigenvalue weighted by molar-refractivity contribution is 6.29. The highest BCUT2D eigenvalue weighted by atomic mass is 35.5. The van der Waals surface area contributed by atoms with Crippen LogP contribution in [0.5, 0.6) is 0 Å². The third kappa shape index (κ3) is 4.80. The van der Waals surface area contributed by atoms with Crippen LogP contribution in [0.2, 0.25) is 5.15 Å². The van der Waals surface area contributed by atoms with Crippen LogP contribution in [0.1, 0.15) is 23.7 Å². The van der Waals surface area contributed by atoms with Crippen molar-refractivity contribution in [1.29, 1.82) is 0 Å². The number of nitrogens with zero attached hydrogens (tertiary/aromatic N) is 2. The lowest BCUT2D eigenvalue weighted by Crippen LogP contribution is -2.32. The lowest BCUT2D eigenvalue weighted by Gasteiger charge is -2.06. The standard InChI is InChI=1S/C11H15ClN4O3/c1-2-3-13-4-5-14-11(17)8-6-10(12)15-7-9(8)16(18)19/h6-7,13H,2-5H2,1H3,(H,14,17). The molecule has 104 valence electrons. The molecule has 0 aliphatic rings. The van der Waals surface area contributed by atoms with E-state index in [9.17, 15) is 14.9 Å². The quantitative estimate of drug-likeness (QED) is 0.341. The molecule has 0 bridgehead atoms. The Balaban J connectivity index is 2.65. The molecule has 1 aromatic rings. The fourth-order valence-corrected chi connectivity index (χ4v) is 1.57. The van der Waals surface area contributed by atoms with Crippen LogP contribution in [0.4, 0.5) is 5.69 Å². The van der Waals surface area contributed by atoms with Crippen molar-refractivity contribution in [2.45, 2.75) is 13.3 Å². The molecule has 0 aromatic carbocycles. The maximum atomic E-state index is 11.8. The van der Waals surface area contributed by atoms with Gasteiger partial charge in [-0.2, -0.15) is 0 Å². The molecule has 0 radical (unpaired) electrons. The van der Waals surface area contributed by atoms with E-state index in [-0.39, 0.29) is 16.4 Å². The first kappa shape index (κ1) is 15.3. The van der Waals surface area contributed by atoms with Crippen molar-refractivity contribution in [2.24, 2.45) is 0 Å². The molecule has 2 N–H and O–H groups in total. The second-order valence-corrected chi connectivity index (χ2v) is 4.17. The van der Waals surface area contributed by atoms with Gasteiger partial charge in [0.1, 0.15) is 16.9 Å². The Morgan fingerprint density at radius 3 is 2.84 bits per heavy atom. The molecule has 0 atom stereocenters. The molecule has 1 amide bonds. The summed E-state index contributed by atoms with van der Waals surface area (Å²) in [7, 11) is 0. The Labute approximate surface area is 115 Å². The highest BCUT2D eigenvalue weighted by Crippen LogP contribution is 2.19. The molecule has 7 nitrogen and oxygen atoms in total. The molecule has 0 spiro atoms. The van der Waals surface area contributed by atoms with E-state index in [2.05, 4.69) is 15.6 Å². The number of aromatic nitrogens is 1. The molecule has 0 saturated carbocycles. The molecule has 8 heteroatoms. The minimum absolute atomic E-state index is 0.0415.